The van der Waals surface area contributed by atoms with Crippen molar-refractivity contribution in [2.45, 2.75) is 0 Å². The lowest BCUT2D eigenvalue weighted by molar-refractivity contribution is 0.102. The average molecular weight is 316 g/mol. The van der Waals surface area contributed by atoms with Crippen molar-refractivity contribution in [2.75, 3.05) is 5.32 Å². The van der Waals surface area contributed by atoms with Crippen LogP contribution in [0.15, 0.2) is 60.9 Å². The lowest BCUT2D eigenvalue weighted by Crippen LogP contribution is -2.16. The van der Waals surface area contributed by atoms with Gasteiger partial charge in [0.05, 0.1) is 16.9 Å². The maximum Gasteiger partial charge on any atom is 0.257 e. The third kappa shape index (κ3) is 2.84. The fourth-order valence-electron chi connectivity index (χ4n) is 2.06. The van der Waals surface area contributed by atoms with Crippen LogP contribution in [0.3, 0.4) is 0 Å². The van der Waals surface area contributed by atoms with E-state index in [1.165, 1.54) is 12.1 Å². The van der Waals surface area contributed by atoms with Gasteiger partial charge in [0.2, 0.25) is 0 Å². The van der Waals surface area contributed by atoms with Gasteiger partial charge in [-0.3, -0.25) is 4.79 Å². The van der Waals surface area contributed by atoms with Gasteiger partial charge in [-0.15, -0.1) is 0 Å². The first-order valence-corrected chi connectivity index (χ1v) is 6.88. The number of amides is 1. The van der Waals surface area contributed by atoms with Gasteiger partial charge in [-0.05, 0) is 36.4 Å². The number of rotatable bonds is 3. The summed E-state index contributed by atoms with van der Waals surface area (Å²) in [5.74, 6) is -1.01. The van der Waals surface area contributed by atoms with E-state index in [0.29, 0.717) is 11.3 Å². The molecule has 0 aliphatic carbocycles. The molecule has 0 aliphatic heterocycles. The maximum absolute atomic E-state index is 13.8. The van der Waals surface area contributed by atoms with Crippen molar-refractivity contribution in [2.24, 2.45) is 0 Å². The lowest BCUT2D eigenvalue weighted by atomic mass is 10.1. The Morgan fingerprint density at radius 1 is 1.18 bits per heavy atom. The zero-order chi connectivity index (χ0) is 15.5. The lowest BCUT2D eigenvalue weighted by Gasteiger charge is -2.11. The Morgan fingerprint density at radius 2 is 2.00 bits per heavy atom. The van der Waals surface area contributed by atoms with Gasteiger partial charge in [-0.25, -0.2) is 9.07 Å². The average Bonchev–Trinajstić information content (AvgIpc) is 3.04. The molecule has 3 aromatic rings. The van der Waals surface area contributed by atoms with Crippen LogP contribution in [0.1, 0.15) is 10.4 Å². The van der Waals surface area contributed by atoms with Gasteiger partial charge in [-0.1, -0.05) is 23.7 Å². The van der Waals surface area contributed by atoms with Gasteiger partial charge in [0.1, 0.15) is 5.82 Å². The van der Waals surface area contributed by atoms with Gasteiger partial charge < -0.3 is 5.32 Å². The van der Waals surface area contributed by atoms with E-state index in [-0.39, 0.29) is 10.7 Å². The number of benzene rings is 2. The monoisotopic (exact) mass is 315 g/mol. The first-order chi connectivity index (χ1) is 10.6. The van der Waals surface area contributed by atoms with E-state index in [2.05, 4.69) is 10.4 Å². The molecule has 0 radical (unpaired) electrons. The van der Waals surface area contributed by atoms with Crippen molar-refractivity contribution in [1.29, 1.82) is 0 Å². The van der Waals surface area contributed by atoms with Crippen molar-refractivity contribution in [3.63, 3.8) is 0 Å². The largest absolute Gasteiger partial charge is 0.319 e. The van der Waals surface area contributed by atoms with Crippen molar-refractivity contribution < 1.29 is 9.18 Å². The molecule has 2 aromatic carbocycles. The predicted molar refractivity (Wildman–Crippen MR) is 82.9 cm³/mol. The fraction of sp³-hybridized carbons (Fsp3) is 0. The smallest absolute Gasteiger partial charge is 0.257 e. The van der Waals surface area contributed by atoms with E-state index in [4.69, 9.17) is 11.6 Å². The van der Waals surface area contributed by atoms with Crippen molar-refractivity contribution in [3.8, 4) is 5.69 Å². The Labute approximate surface area is 131 Å². The molecule has 0 atom stereocenters. The van der Waals surface area contributed by atoms with Crippen LogP contribution in [0.5, 0.6) is 0 Å². The van der Waals surface area contributed by atoms with E-state index in [9.17, 15) is 9.18 Å². The van der Waals surface area contributed by atoms with E-state index in [1.807, 2.05) is 0 Å². The van der Waals surface area contributed by atoms with E-state index in [0.717, 1.165) is 6.07 Å². The Kier molecular flexibility index (Phi) is 3.89. The summed E-state index contributed by atoms with van der Waals surface area (Å²) in [5, 5.41) is 6.92. The molecule has 110 valence electrons. The summed E-state index contributed by atoms with van der Waals surface area (Å²) in [6.45, 7) is 0. The molecule has 1 aromatic heterocycles. The number of nitrogens with one attached hydrogen (secondary N) is 1. The van der Waals surface area contributed by atoms with Crippen LogP contribution < -0.4 is 5.32 Å². The Bertz CT molecular complexity index is 818. The van der Waals surface area contributed by atoms with Gasteiger partial charge in [0.15, 0.2) is 0 Å². The van der Waals surface area contributed by atoms with Crippen LogP contribution in [0.25, 0.3) is 5.69 Å². The molecular weight excluding hydrogens is 305 g/mol. The van der Waals surface area contributed by atoms with E-state index < -0.39 is 11.7 Å². The first-order valence-electron chi connectivity index (χ1n) is 6.50. The summed E-state index contributed by atoms with van der Waals surface area (Å²) in [5.41, 5.74) is 1.07. The van der Waals surface area contributed by atoms with Crippen molar-refractivity contribution >= 4 is 23.2 Å². The Morgan fingerprint density at radius 3 is 2.73 bits per heavy atom. The van der Waals surface area contributed by atoms with Crippen LogP contribution in [0.4, 0.5) is 10.1 Å². The molecule has 3 rings (SSSR count). The van der Waals surface area contributed by atoms with Crippen LogP contribution in [-0.4, -0.2) is 15.7 Å². The Hall–Kier alpha value is -2.66. The topological polar surface area (TPSA) is 46.9 Å². The predicted octanol–water partition coefficient (Wildman–Crippen LogP) is 3.92. The second-order valence-corrected chi connectivity index (χ2v) is 4.98. The summed E-state index contributed by atoms with van der Waals surface area (Å²) in [6, 6.07) is 12.8. The number of carbonyl (C=O) groups is 1. The molecule has 0 spiro atoms. The molecule has 0 fully saturated rings. The zero-order valence-electron chi connectivity index (χ0n) is 11.3. The standard InChI is InChI=1S/C16H11ClFN3O/c17-11-6-7-14(13(18)10-11)20-16(22)12-4-1-2-5-15(12)21-9-3-8-19-21/h1-10H,(H,20,22). The highest BCUT2D eigenvalue weighted by Crippen LogP contribution is 2.21. The molecule has 0 bridgehead atoms. The Balaban J connectivity index is 1.93. The van der Waals surface area contributed by atoms with Gasteiger partial charge >= 0.3 is 0 Å². The van der Waals surface area contributed by atoms with Gasteiger partial charge in [0, 0.05) is 17.4 Å². The van der Waals surface area contributed by atoms with Crippen molar-refractivity contribution in [3.05, 3.63) is 77.3 Å². The quantitative estimate of drug-likeness (QED) is 0.796. The van der Waals surface area contributed by atoms with Gasteiger partial charge in [0.25, 0.3) is 5.91 Å². The van der Waals surface area contributed by atoms with Crippen LogP contribution in [0, 0.1) is 5.82 Å². The normalized spacial score (nSPS) is 10.5. The summed E-state index contributed by atoms with van der Waals surface area (Å²) in [4.78, 5) is 12.4. The number of aromatic nitrogens is 2. The number of hydrogen-bond acceptors (Lipinski definition) is 2. The molecule has 6 heteroatoms. The molecule has 22 heavy (non-hydrogen) atoms. The van der Waals surface area contributed by atoms with E-state index in [1.54, 1.807) is 47.4 Å². The molecule has 4 nitrogen and oxygen atoms in total. The minimum atomic E-state index is -0.586. The van der Waals surface area contributed by atoms with Crippen molar-refractivity contribution in [1.82, 2.24) is 9.78 Å². The minimum absolute atomic E-state index is 0.0738. The minimum Gasteiger partial charge on any atom is -0.319 e. The summed E-state index contributed by atoms with van der Waals surface area (Å²) in [6.07, 6.45) is 3.35. The molecule has 1 amide bonds. The third-order valence-electron chi connectivity index (χ3n) is 3.08. The second-order valence-electron chi connectivity index (χ2n) is 4.55. The molecule has 0 unspecified atom stereocenters. The summed E-state index contributed by atoms with van der Waals surface area (Å²) >= 11 is 5.70. The zero-order valence-corrected chi connectivity index (χ0v) is 12.1. The summed E-state index contributed by atoms with van der Waals surface area (Å²) < 4.78 is 15.4. The molecule has 0 saturated carbocycles. The van der Waals surface area contributed by atoms with Gasteiger partial charge in [-0.2, -0.15) is 5.10 Å². The number of para-hydroxylation sites is 1. The number of anilines is 1. The highest BCUT2D eigenvalue weighted by Gasteiger charge is 2.14. The molecule has 0 saturated heterocycles. The van der Waals surface area contributed by atoms with Crippen LogP contribution >= 0.6 is 11.6 Å². The molecular formula is C16H11ClFN3O. The highest BCUT2D eigenvalue weighted by molar-refractivity contribution is 6.30. The molecule has 1 heterocycles. The number of carbonyl (C=O) groups excluding carboxylic acids is 1. The summed E-state index contributed by atoms with van der Waals surface area (Å²) in [7, 11) is 0. The number of nitrogens with zero attached hydrogens (tertiary/aromatic N) is 2. The highest BCUT2D eigenvalue weighted by atomic mass is 35.5. The SMILES string of the molecule is O=C(Nc1ccc(Cl)cc1F)c1ccccc1-n1cccn1. The third-order valence-corrected chi connectivity index (χ3v) is 3.31. The fourth-order valence-corrected chi connectivity index (χ4v) is 2.22. The van der Waals surface area contributed by atoms with Crippen LogP contribution in [0.2, 0.25) is 5.02 Å². The number of hydrogen-bond donors (Lipinski definition) is 1. The van der Waals surface area contributed by atoms with E-state index >= 15 is 0 Å². The second kappa shape index (κ2) is 5.99. The maximum atomic E-state index is 13.8. The number of halogens is 2. The first kappa shape index (κ1) is 14.3. The molecule has 0 aliphatic rings. The van der Waals surface area contributed by atoms with Crippen LogP contribution in [-0.2, 0) is 0 Å². The molecule has 1 N–H and O–H groups in total.